The van der Waals surface area contributed by atoms with E-state index in [9.17, 15) is 0 Å². The normalized spacial score (nSPS) is 11.3. The molecule has 0 radical (unpaired) electrons. The molecule has 0 amide bonds. The van der Waals surface area contributed by atoms with Crippen LogP contribution in [0.2, 0.25) is 5.15 Å². The van der Waals surface area contributed by atoms with Crippen LogP contribution < -0.4 is 0 Å². The zero-order chi connectivity index (χ0) is 15.7. The van der Waals surface area contributed by atoms with Crippen molar-refractivity contribution in [1.29, 1.82) is 0 Å². The molecule has 114 valence electrons. The minimum Gasteiger partial charge on any atom is -0.281 e. The summed E-state index contributed by atoms with van der Waals surface area (Å²) >= 11 is 12.0. The Morgan fingerprint density at radius 3 is 2.50 bits per heavy atom. The van der Waals surface area contributed by atoms with Crippen LogP contribution in [0.3, 0.4) is 0 Å². The number of hydrogen-bond acceptors (Lipinski definition) is 2. The molecule has 3 rings (SSSR count). The SMILES string of the molecule is CCc1nc2cc(C)c(Cl)nc2n1-c1ccc(CCCl)cc1. The van der Waals surface area contributed by atoms with E-state index in [-0.39, 0.29) is 0 Å². The van der Waals surface area contributed by atoms with Crippen LogP contribution in [-0.2, 0) is 12.8 Å². The molecule has 0 spiro atoms. The highest BCUT2D eigenvalue weighted by Crippen LogP contribution is 2.24. The summed E-state index contributed by atoms with van der Waals surface area (Å²) in [6, 6.07) is 10.3. The quantitative estimate of drug-likeness (QED) is 0.510. The molecule has 0 aliphatic rings. The molecule has 0 fully saturated rings. The number of imidazole rings is 1. The molecule has 0 saturated heterocycles. The number of aryl methyl sites for hydroxylation is 3. The molecule has 0 unspecified atom stereocenters. The van der Waals surface area contributed by atoms with Gasteiger partial charge in [0.15, 0.2) is 5.65 Å². The molecule has 0 aliphatic heterocycles. The monoisotopic (exact) mass is 333 g/mol. The number of hydrogen-bond donors (Lipinski definition) is 0. The average molecular weight is 334 g/mol. The van der Waals surface area contributed by atoms with Gasteiger partial charge in [-0.15, -0.1) is 11.6 Å². The fraction of sp³-hybridized carbons (Fsp3) is 0.294. The molecule has 0 bridgehead atoms. The van der Waals surface area contributed by atoms with Crippen molar-refractivity contribution in [3.05, 3.63) is 52.4 Å². The number of fused-ring (bicyclic) bond motifs is 1. The second-order valence-corrected chi connectivity index (χ2v) is 6.00. The molecule has 5 heteroatoms. The Morgan fingerprint density at radius 1 is 1.14 bits per heavy atom. The number of aromatic nitrogens is 3. The molecule has 0 aliphatic carbocycles. The summed E-state index contributed by atoms with van der Waals surface area (Å²) in [5, 5.41) is 0.523. The standard InChI is InChI=1S/C17H17Cl2N3/c1-3-15-20-14-10-11(2)16(19)21-17(14)22(15)13-6-4-12(5-7-13)8-9-18/h4-7,10H,3,8-9H2,1-2H3. The first-order valence-electron chi connectivity index (χ1n) is 7.33. The Morgan fingerprint density at radius 2 is 1.86 bits per heavy atom. The van der Waals surface area contributed by atoms with Gasteiger partial charge in [0.25, 0.3) is 0 Å². The maximum Gasteiger partial charge on any atom is 0.166 e. The maximum absolute atomic E-state index is 6.20. The van der Waals surface area contributed by atoms with Gasteiger partial charge in [0, 0.05) is 18.0 Å². The molecule has 0 saturated carbocycles. The van der Waals surface area contributed by atoms with Gasteiger partial charge in [-0.3, -0.25) is 4.57 Å². The van der Waals surface area contributed by atoms with Gasteiger partial charge in [-0.2, -0.15) is 0 Å². The number of alkyl halides is 1. The lowest BCUT2D eigenvalue weighted by atomic mass is 10.1. The molecule has 0 atom stereocenters. The molecule has 2 heterocycles. The van der Waals surface area contributed by atoms with Crippen LogP contribution >= 0.6 is 23.2 Å². The predicted molar refractivity (Wildman–Crippen MR) is 92.4 cm³/mol. The van der Waals surface area contributed by atoms with Crippen molar-refractivity contribution >= 4 is 34.4 Å². The number of rotatable bonds is 4. The van der Waals surface area contributed by atoms with E-state index in [0.717, 1.165) is 41.1 Å². The summed E-state index contributed by atoms with van der Waals surface area (Å²) in [4.78, 5) is 9.21. The van der Waals surface area contributed by atoms with Gasteiger partial charge in [-0.1, -0.05) is 30.7 Å². The van der Waals surface area contributed by atoms with E-state index in [1.807, 2.05) is 13.0 Å². The minimum absolute atomic E-state index is 0.523. The van der Waals surface area contributed by atoms with Crippen LogP contribution in [0.25, 0.3) is 16.9 Å². The van der Waals surface area contributed by atoms with Gasteiger partial charge in [-0.25, -0.2) is 9.97 Å². The highest BCUT2D eigenvalue weighted by molar-refractivity contribution is 6.30. The third kappa shape index (κ3) is 2.71. The van der Waals surface area contributed by atoms with Crippen molar-refractivity contribution in [2.45, 2.75) is 26.7 Å². The van der Waals surface area contributed by atoms with Crippen molar-refractivity contribution in [3.8, 4) is 5.69 Å². The van der Waals surface area contributed by atoms with Crippen LogP contribution in [-0.4, -0.2) is 20.4 Å². The molecule has 3 nitrogen and oxygen atoms in total. The smallest absolute Gasteiger partial charge is 0.166 e. The third-order valence-corrected chi connectivity index (χ3v) is 4.30. The van der Waals surface area contributed by atoms with Crippen LogP contribution in [0, 0.1) is 6.92 Å². The van der Waals surface area contributed by atoms with Crippen LogP contribution in [0.4, 0.5) is 0 Å². The maximum atomic E-state index is 6.20. The highest BCUT2D eigenvalue weighted by Gasteiger charge is 2.14. The molecule has 22 heavy (non-hydrogen) atoms. The summed E-state index contributed by atoms with van der Waals surface area (Å²) < 4.78 is 2.07. The van der Waals surface area contributed by atoms with E-state index in [0.29, 0.717) is 11.0 Å². The zero-order valence-electron chi connectivity index (χ0n) is 12.6. The van der Waals surface area contributed by atoms with Crippen LogP contribution in [0.5, 0.6) is 0 Å². The van der Waals surface area contributed by atoms with Gasteiger partial charge in [0.1, 0.15) is 16.5 Å². The van der Waals surface area contributed by atoms with Crippen molar-refractivity contribution in [1.82, 2.24) is 14.5 Å². The topological polar surface area (TPSA) is 30.7 Å². The second-order valence-electron chi connectivity index (χ2n) is 5.26. The Labute approximate surface area is 139 Å². The second kappa shape index (κ2) is 6.27. The van der Waals surface area contributed by atoms with E-state index in [1.54, 1.807) is 0 Å². The fourth-order valence-corrected chi connectivity index (χ4v) is 2.91. The number of nitrogens with zero attached hydrogens (tertiary/aromatic N) is 3. The van der Waals surface area contributed by atoms with Crippen molar-refractivity contribution < 1.29 is 0 Å². The van der Waals surface area contributed by atoms with Gasteiger partial charge in [0.05, 0.1) is 0 Å². The molecule has 1 aromatic carbocycles. The van der Waals surface area contributed by atoms with Gasteiger partial charge in [-0.05, 0) is 42.7 Å². The highest BCUT2D eigenvalue weighted by atomic mass is 35.5. The van der Waals surface area contributed by atoms with Gasteiger partial charge < -0.3 is 0 Å². The lowest BCUT2D eigenvalue weighted by molar-refractivity contribution is 0.900. The first-order chi connectivity index (χ1) is 10.6. The largest absolute Gasteiger partial charge is 0.281 e. The number of pyridine rings is 1. The first-order valence-corrected chi connectivity index (χ1v) is 8.25. The van der Waals surface area contributed by atoms with Crippen molar-refractivity contribution in [2.75, 3.05) is 5.88 Å². The Hall–Kier alpha value is -1.58. The average Bonchev–Trinajstić information content (AvgIpc) is 2.86. The summed E-state index contributed by atoms with van der Waals surface area (Å²) in [7, 11) is 0. The number of halogens is 2. The third-order valence-electron chi connectivity index (χ3n) is 3.73. The van der Waals surface area contributed by atoms with E-state index in [1.165, 1.54) is 5.56 Å². The molecular weight excluding hydrogens is 317 g/mol. The zero-order valence-corrected chi connectivity index (χ0v) is 14.1. The lowest BCUT2D eigenvalue weighted by Crippen LogP contribution is -2.01. The Kier molecular flexibility index (Phi) is 4.37. The molecular formula is C17H17Cl2N3. The summed E-state index contributed by atoms with van der Waals surface area (Å²) in [6.07, 6.45) is 1.70. The minimum atomic E-state index is 0.523. The Bertz CT molecular complexity index is 807. The van der Waals surface area contributed by atoms with Gasteiger partial charge >= 0.3 is 0 Å². The van der Waals surface area contributed by atoms with E-state index >= 15 is 0 Å². The van der Waals surface area contributed by atoms with Crippen molar-refractivity contribution in [3.63, 3.8) is 0 Å². The number of benzene rings is 1. The van der Waals surface area contributed by atoms with Crippen LogP contribution in [0.15, 0.2) is 30.3 Å². The van der Waals surface area contributed by atoms with Crippen LogP contribution in [0.1, 0.15) is 23.9 Å². The van der Waals surface area contributed by atoms with Gasteiger partial charge in [0.2, 0.25) is 0 Å². The Balaban J connectivity index is 2.17. The molecule has 2 aromatic heterocycles. The molecule has 0 N–H and O–H groups in total. The summed E-state index contributed by atoms with van der Waals surface area (Å²) in [5.74, 6) is 1.61. The lowest BCUT2D eigenvalue weighted by Gasteiger charge is -2.09. The van der Waals surface area contributed by atoms with E-state index < -0.39 is 0 Å². The predicted octanol–water partition coefficient (Wildman–Crippen LogP) is 4.73. The van der Waals surface area contributed by atoms with Crippen molar-refractivity contribution in [2.24, 2.45) is 0 Å². The fourth-order valence-electron chi connectivity index (χ4n) is 2.55. The van der Waals surface area contributed by atoms with E-state index in [4.69, 9.17) is 23.2 Å². The van der Waals surface area contributed by atoms with E-state index in [2.05, 4.69) is 45.7 Å². The summed E-state index contributed by atoms with van der Waals surface area (Å²) in [5.41, 5.74) is 4.90. The first kappa shape index (κ1) is 15.3. The molecule has 3 aromatic rings. The summed E-state index contributed by atoms with van der Waals surface area (Å²) in [6.45, 7) is 4.04.